The van der Waals surface area contributed by atoms with Crippen molar-refractivity contribution < 1.29 is 27.2 Å². The first kappa shape index (κ1) is 22.9. The summed E-state index contributed by atoms with van der Waals surface area (Å²) >= 11 is 6.80. The maximum Gasteiger partial charge on any atom is 0.306 e. The fourth-order valence-electron chi connectivity index (χ4n) is 4.59. The molecular weight excluding hydrogens is 528 g/mol. The van der Waals surface area contributed by atoms with Crippen molar-refractivity contribution in [2.75, 3.05) is 20.5 Å². The average molecular weight is 554 g/mol. The Bertz CT molecular complexity index is 954. The molecule has 1 N–H and O–H groups in total. The third-order valence-electron chi connectivity index (χ3n) is 6.27. The Labute approximate surface area is 189 Å². The zero-order valence-electron chi connectivity index (χ0n) is 17.1. The van der Waals surface area contributed by atoms with Gasteiger partial charge in [-0.15, -0.1) is 0 Å². The number of fused-ring (bicyclic) bond motifs is 1. The molecule has 3 atom stereocenters. The van der Waals surface area contributed by atoms with E-state index in [9.17, 15) is 13.5 Å². The molecule has 0 aliphatic heterocycles. The summed E-state index contributed by atoms with van der Waals surface area (Å²) in [5.74, 6) is 1.68. The highest BCUT2D eigenvalue weighted by atomic mass is 79.9. The van der Waals surface area contributed by atoms with E-state index in [2.05, 4.69) is 51.8 Å². The fourth-order valence-corrected chi connectivity index (χ4v) is 6.83. The molecule has 0 radical (unpaired) electrons. The van der Waals surface area contributed by atoms with Gasteiger partial charge in [0, 0.05) is 0 Å². The lowest BCUT2D eigenvalue weighted by Gasteiger charge is -2.56. The van der Waals surface area contributed by atoms with Crippen LogP contribution in [0.25, 0.3) is 0 Å². The summed E-state index contributed by atoms with van der Waals surface area (Å²) < 4.78 is 40.7. The molecule has 1 fully saturated rings. The van der Waals surface area contributed by atoms with Gasteiger partial charge in [0.1, 0.15) is 14.7 Å². The number of methoxy groups -OCH3 is 2. The second-order valence-electron chi connectivity index (χ2n) is 8.27. The third-order valence-corrected chi connectivity index (χ3v) is 8.18. The lowest BCUT2D eigenvalue weighted by atomic mass is 9.48. The molecule has 0 aromatic heterocycles. The minimum absolute atomic E-state index is 0.0287. The number of halogens is 2. The monoisotopic (exact) mass is 552 g/mol. The minimum Gasteiger partial charge on any atom is -0.495 e. The van der Waals surface area contributed by atoms with Crippen LogP contribution in [0.3, 0.4) is 0 Å². The van der Waals surface area contributed by atoms with Crippen LogP contribution < -0.4 is 13.7 Å². The van der Waals surface area contributed by atoms with Gasteiger partial charge in [-0.05, 0) is 68.4 Å². The van der Waals surface area contributed by atoms with Gasteiger partial charge >= 0.3 is 10.1 Å². The number of allylic oxidation sites excluding steroid dienone is 1. The molecule has 1 saturated carbocycles. The summed E-state index contributed by atoms with van der Waals surface area (Å²) in [4.78, 5) is 0. The van der Waals surface area contributed by atoms with Crippen molar-refractivity contribution in [3.63, 3.8) is 0 Å². The van der Waals surface area contributed by atoms with Gasteiger partial charge in [-0.1, -0.05) is 25.5 Å². The quantitative estimate of drug-likeness (QED) is 0.378. The minimum atomic E-state index is -3.86. The second kappa shape index (κ2) is 8.05. The van der Waals surface area contributed by atoms with Crippen LogP contribution in [0.1, 0.15) is 44.8 Å². The van der Waals surface area contributed by atoms with E-state index in [0.717, 1.165) is 19.1 Å². The number of ether oxygens (including phenoxy) is 2. The van der Waals surface area contributed by atoms with Crippen molar-refractivity contribution in [1.29, 1.82) is 0 Å². The van der Waals surface area contributed by atoms with E-state index in [-0.39, 0.29) is 27.0 Å². The van der Waals surface area contributed by atoms with Crippen LogP contribution in [-0.4, -0.2) is 34.0 Å². The number of hydrogen-bond donors (Lipinski definition) is 1. The molecule has 1 aromatic carbocycles. The van der Waals surface area contributed by atoms with Crippen LogP contribution in [0.4, 0.5) is 0 Å². The standard InChI is InChI=1S/C20H26Br2O6S/c1-20(2)11-7-6-10(12(20)9-11)8-13(23)14-17(26-3)15(21)19(27-4)16(22)18(14)28-29(5,24)25/h6,11-13,23H,7-9H2,1-5H3/t11-,12-,13?/m0/s1. The summed E-state index contributed by atoms with van der Waals surface area (Å²) in [6.07, 6.45) is 4.67. The number of hydrogen-bond acceptors (Lipinski definition) is 6. The lowest BCUT2D eigenvalue weighted by molar-refractivity contribution is -0.0124. The maximum atomic E-state index is 11.9. The van der Waals surface area contributed by atoms with Crippen molar-refractivity contribution in [1.82, 2.24) is 0 Å². The fraction of sp³-hybridized carbons (Fsp3) is 0.600. The van der Waals surface area contributed by atoms with Gasteiger partial charge in [0.05, 0.1) is 32.1 Å². The van der Waals surface area contributed by atoms with Gasteiger partial charge < -0.3 is 18.8 Å². The van der Waals surface area contributed by atoms with Crippen molar-refractivity contribution in [3.8, 4) is 17.2 Å². The van der Waals surface area contributed by atoms with Crippen LogP contribution in [0.2, 0.25) is 0 Å². The van der Waals surface area contributed by atoms with Gasteiger partial charge in [-0.2, -0.15) is 8.42 Å². The van der Waals surface area contributed by atoms with Crippen LogP contribution in [0, 0.1) is 17.3 Å². The highest BCUT2D eigenvalue weighted by molar-refractivity contribution is 9.11. The number of benzene rings is 1. The van der Waals surface area contributed by atoms with E-state index in [1.807, 2.05) is 0 Å². The van der Waals surface area contributed by atoms with Crippen molar-refractivity contribution in [2.24, 2.45) is 17.3 Å². The molecule has 9 heteroatoms. The Hall–Kier alpha value is -0.770. The van der Waals surface area contributed by atoms with Gasteiger partial charge in [0.25, 0.3) is 0 Å². The predicted molar refractivity (Wildman–Crippen MR) is 118 cm³/mol. The van der Waals surface area contributed by atoms with Crippen LogP contribution in [-0.2, 0) is 10.1 Å². The van der Waals surface area contributed by atoms with E-state index in [1.54, 1.807) is 0 Å². The Morgan fingerprint density at radius 3 is 2.24 bits per heavy atom. The summed E-state index contributed by atoms with van der Waals surface area (Å²) in [6.45, 7) is 4.54. The van der Waals surface area contributed by atoms with Gasteiger partial charge in [0.2, 0.25) is 0 Å². The molecule has 162 valence electrons. The molecule has 29 heavy (non-hydrogen) atoms. The first-order valence-electron chi connectivity index (χ1n) is 9.31. The average Bonchev–Trinajstić information content (AvgIpc) is 2.63. The topological polar surface area (TPSA) is 82.1 Å². The van der Waals surface area contributed by atoms with E-state index in [0.29, 0.717) is 28.5 Å². The Kier molecular flexibility index (Phi) is 6.36. The highest BCUT2D eigenvalue weighted by Gasteiger charge is 2.51. The molecule has 0 amide bonds. The molecule has 4 rings (SSSR count). The molecule has 2 bridgehead atoms. The Morgan fingerprint density at radius 1 is 1.17 bits per heavy atom. The van der Waals surface area contributed by atoms with Crippen LogP contribution >= 0.6 is 31.9 Å². The van der Waals surface area contributed by atoms with Gasteiger partial charge in [-0.25, -0.2) is 0 Å². The van der Waals surface area contributed by atoms with E-state index < -0.39 is 16.2 Å². The van der Waals surface area contributed by atoms with Crippen LogP contribution in [0.15, 0.2) is 20.6 Å². The zero-order chi connectivity index (χ0) is 21.7. The van der Waals surface area contributed by atoms with E-state index in [1.165, 1.54) is 19.8 Å². The first-order valence-corrected chi connectivity index (χ1v) is 12.7. The normalized spacial score (nSPS) is 23.7. The van der Waals surface area contributed by atoms with Crippen LogP contribution in [0.5, 0.6) is 17.2 Å². The summed E-state index contributed by atoms with van der Waals surface area (Å²) in [5, 5.41) is 11.2. The molecule has 6 nitrogen and oxygen atoms in total. The van der Waals surface area contributed by atoms with E-state index >= 15 is 0 Å². The number of aliphatic hydroxyl groups is 1. The van der Waals surface area contributed by atoms with E-state index in [4.69, 9.17) is 13.7 Å². The molecule has 0 heterocycles. The molecule has 1 aromatic rings. The molecule has 0 spiro atoms. The molecule has 3 aliphatic rings. The van der Waals surface area contributed by atoms with Crippen molar-refractivity contribution >= 4 is 42.0 Å². The largest absolute Gasteiger partial charge is 0.495 e. The smallest absolute Gasteiger partial charge is 0.306 e. The van der Waals surface area contributed by atoms with Crippen molar-refractivity contribution in [2.45, 2.75) is 39.2 Å². The number of rotatable bonds is 7. The summed E-state index contributed by atoms with van der Waals surface area (Å²) in [5.41, 5.74) is 1.68. The van der Waals surface area contributed by atoms with Gasteiger partial charge in [0.15, 0.2) is 11.5 Å². The molecule has 1 unspecified atom stereocenters. The Balaban J connectivity index is 2.08. The third kappa shape index (κ3) is 4.07. The van der Waals surface area contributed by atoms with Gasteiger partial charge in [-0.3, -0.25) is 0 Å². The zero-order valence-corrected chi connectivity index (χ0v) is 21.1. The summed E-state index contributed by atoms with van der Waals surface area (Å²) in [7, 11) is -0.953. The van der Waals surface area contributed by atoms with Crippen molar-refractivity contribution in [3.05, 3.63) is 26.2 Å². The molecule has 0 saturated heterocycles. The molecular formula is C20H26Br2O6S. The maximum absolute atomic E-state index is 11.9. The SMILES string of the molecule is COc1c(Br)c(OC)c(C(O)CC2=CC[C@H]3C[C@@H]2C3(C)C)c(OS(C)(=O)=O)c1Br. The summed E-state index contributed by atoms with van der Waals surface area (Å²) in [6, 6.07) is 0. The Morgan fingerprint density at radius 2 is 1.76 bits per heavy atom. The highest BCUT2D eigenvalue weighted by Crippen LogP contribution is 2.61. The lowest BCUT2D eigenvalue weighted by Crippen LogP contribution is -2.48. The first-order chi connectivity index (χ1) is 13.4. The second-order valence-corrected chi connectivity index (χ2v) is 11.4. The number of aliphatic hydroxyl groups excluding tert-OH is 1. The molecule has 3 aliphatic carbocycles. The predicted octanol–water partition coefficient (Wildman–Crippen LogP) is 4.98.